The van der Waals surface area contributed by atoms with Crippen LogP contribution in [0.1, 0.15) is 36.7 Å². The molecule has 1 fully saturated rings. The standard InChI is InChI=1S/C17H22BrFN2O3/c1-10-5-6-11(18)7-12(10)15(22)20-14-9-21(8-13(14)19)16(23)24-17(2,3)4/h5-7,13-14H,8-9H2,1-4H3,(H,20,22)/t13-,14+/m0/s1. The number of benzene rings is 1. The first-order valence-electron chi connectivity index (χ1n) is 7.76. The molecule has 0 aliphatic carbocycles. The van der Waals surface area contributed by atoms with Crippen LogP contribution in [0, 0.1) is 6.92 Å². The molecule has 2 amide bonds. The number of likely N-dealkylation sites (tertiary alicyclic amines) is 1. The summed E-state index contributed by atoms with van der Waals surface area (Å²) in [5.41, 5.74) is 0.637. The quantitative estimate of drug-likeness (QED) is 0.826. The monoisotopic (exact) mass is 400 g/mol. The lowest BCUT2D eigenvalue weighted by molar-refractivity contribution is 0.0281. The van der Waals surface area contributed by atoms with Crippen LogP contribution in [0.5, 0.6) is 0 Å². The number of nitrogens with zero attached hydrogens (tertiary/aromatic N) is 1. The molecule has 0 bridgehead atoms. The Balaban J connectivity index is 2.02. The molecular weight excluding hydrogens is 379 g/mol. The number of alkyl halides is 1. The zero-order valence-electron chi connectivity index (χ0n) is 14.2. The fourth-order valence-electron chi connectivity index (χ4n) is 2.46. The van der Waals surface area contributed by atoms with E-state index < -0.39 is 23.9 Å². The summed E-state index contributed by atoms with van der Waals surface area (Å²) in [4.78, 5) is 25.7. The predicted molar refractivity (Wildman–Crippen MR) is 92.8 cm³/mol. The first kappa shape index (κ1) is 18.7. The van der Waals surface area contributed by atoms with E-state index in [-0.39, 0.29) is 19.0 Å². The topological polar surface area (TPSA) is 58.6 Å². The lowest BCUT2D eigenvalue weighted by Gasteiger charge is -2.24. The third-order valence-corrected chi connectivity index (χ3v) is 4.15. The van der Waals surface area contributed by atoms with E-state index in [1.807, 2.05) is 19.1 Å². The van der Waals surface area contributed by atoms with Gasteiger partial charge in [0.25, 0.3) is 5.91 Å². The van der Waals surface area contributed by atoms with E-state index in [0.29, 0.717) is 5.56 Å². The molecule has 5 nitrogen and oxygen atoms in total. The molecule has 0 saturated carbocycles. The highest BCUT2D eigenvalue weighted by Gasteiger charge is 2.38. The zero-order chi connectivity index (χ0) is 18.1. The van der Waals surface area contributed by atoms with Crippen LogP contribution in [0.15, 0.2) is 22.7 Å². The SMILES string of the molecule is Cc1ccc(Br)cc1C(=O)N[C@@H]1CN(C(=O)OC(C)(C)C)C[C@@H]1F. The second kappa shape index (κ2) is 7.09. The maximum Gasteiger partial charge on any atom is 0.410 e. The summed E-state index contributed by atoms with van der Waals surface area (Å²) in [6.45, 7) is 7.08. The molecule has 1 aromatic carbocycles. The minimum absolute atomic E-state index is 0.0860. The van der Waals surface area contributed by atoms with Crippen molar-refractivity contribution in [2.45, 2.75) is 45.5 Å². The van der Waals surface area contributed by atoms with Gasteiger partial charge in [-0.2, -0.15) is 0 Å². The van der Waals surface area contributed by atoms with E-state index in [9.17, 15) is 14.0 Å². The Hall–Kier alpha value is -1.63. The van der Waals surface area contributed by atoms with Gasteiger partial charge in [-0.3, -0.25) is 4.79 Å². The van der Waals surface area contributed by atoms with Gasteiger partial charge in [0.05, 0.1) is 12.6 Å². The molecule has 0 aromatic heterocycles. The summed E-state index contributed by atoms with van der Waals surface area (Å²) in [6, 6.07) is 4.60. The Morgan fingerprint density at radius 2 is 2.00 bits per heavy atom. The second-order valence-electron chi connectivity index (χ2n) is 6.94. The minimum atomic E-state index is -1.33. The molecule has 2 atom stereocenters. The molecule has 1 heterocycles. The maximum absolute atomic E-state index is 14.2. The number of hydrogen-bond acceptors (Lipinski definition) is 3. The molecule has 1 aliphatic heterocycles. The highest BCUT2D eigenvalue weighted by molar-refractivity contribution is 9.10. The molecule has 132 valence electrons. The van der Waals surface area contributed by atoms with Crippen LogP contribution in [0.2, 0.25) is 0 Å². The highest BCUT2D eigenvalue weighted by atomic mass is 79.9. The molecule has 0 radical (unpaired) electrons. The molecule has 24 heavy (non-hydrogen) atoms. The summed E-state index contributed by atoms with van der Waals surface area (Å²) >= 11 is 3.32. The number of amides is 2. The molecule has 1 N–H and O–H groups in total. The average molecular weight is 401 g/mol. The van der Waals surface area contributed by atoms with E-state index in [0.717, 1.165) is 10.0 Å². The third-order valence-electron chi connectivity index (χ3n) is 3.66. The smallest absolute Gasteiger partial charge is 0.410 e. The largest absolute Gasteiger partial charge is 0.444 e. The summed E-state index contributed by atoms with van der Waals surface area (Å²) in [5, 5.41) is 2.68. The summed E-state index contributed by atoms with van der Waals surface area (Å²) < 4.78 is 20.2. The van der Waals surface area contributed by atoms with E-state index in [4.69, 9.17) is 4.74 Å². The van der Waals surface area contributed by atoms with Crippen molar-refractivity contribution >= 4 is 27.9 Å². The van der Waals surface area contributed by atoms with Gasteiger partial charge in [-0.1, -0.05) is 22.0 Å². The van der Waals surface area contributed by atoms with Crippen molar-refractivity contribution < 1.29 is 18.7 Å². The Labute approximate surface area is 149 Å². The normalized spacial score (nSPS) is 20.8. The predicted octanol–water partition coefficient (Wildman–Crippen LogP) is 3.44. The summed E-state index contributed by atoms with van der Waals surface area (Å²) in [5.74, 6) is -0.354. The zero-order valence-corrected chi connectivity index (χ0v) is 15.8. The van der Waals surface area contributed by atoms with Crippen molar-refractivity contribution in [1.82, 2.24) is 10.2 Å². The van der Waals surface area contributed by atoms with Gasteiger partial charge < -0.3 is 15.0 Å². The van der Waals surface area contributed by atoms with Crippen molar-refractivity contribution in [1.29, 1.82) is 0 Å². The van der Waals surface area contributed by atoms with Gasteiger partial charge in [0.15, 0.2) is 0 Å². The lowest BCUT2D eigenvalue weighted by Crippen LogP contribution is -2.42. The van der Waals surface area contributed by atoms with Crippen LogP contribution < -0.4 is 5.32 Å². The van der Waals surface area contributed by atoms with Crippen molar-refractivity contribution in [3.05, 3.63) is 33.8 Å². The molecule has 1 aliphatic rings. The van der Waals surface area contributed by atoms with Crippen LogP contribution in [0.3, 0.4) is 0 Å². The number of rotatable bonds is 2. The number of carbonyl (C=O) groups is 2. The van der Waals surface area contributed by atoms with Crippen LogP contribution in [0.25, 0.3) is 0 Å². The van der Waals surface area contributed by atoms with Crippen molar-refractivity contribution in [3.63, 3.8) is 0 Å². The van der Waals surface area contributed by atoms with Gasteiger partial charge in [-0.25, -0.2) is 9.18 Å². The molecule has 7 heteroatoms. The first-order chi connectivity index (χ1) is 11.1. The van der Waals surface area contributed by atoms with Gasteiger partial charge >= 0.3 is 6.09 Å². The van der Waals surface area contributed by atoms with Crippen LogP contribution in [-0.4, -0.2) is 47.8 Å². The fourth-order valence-corrected chi connectivity index (χ4v) is 2.82. The van der Waals surface area contributed by atoms with Gasteiger partial charge in [0.2, 0.25) is 0 Å². The Morgan fingerprint density at radius 1 is 1.33 bits per heavy atom. The van der Waals surface area contributed by atoms with Gasteiger partial charge in [-0.15, -0.1) is 0 Å². The number of aryl methyl sites for hydroxylation is 1. The molecular formula is C17H22BrFN2O3. The molecule has 2 rings (SSSR count). The Bertz CT molecular complexity index is 645. The lowest BCUT2D eigenvalue weighted by atomic mass is 10.1. The van der Waals surface area contributed by atoms with E-state index in [2.05, 4.69) is 21.2 Å². The molecule has 0 spiro atoms. The van der Waals surface area contributed by atoms with Crippen LogP contribution in [-0.2, 0) is 4.74 Å². The minimum Gasteiger partial charge on any atom is -0.444 e. The second-order valence-corrected chi connectivity index (χ2v) is 7.86. The highest BCUT2D eigenvalue weighted by Crippen LogP contribution is 2.20. The summed E-state index contributed by atoms with van der Waals surface area (Å²) in [6.07, 6.45) is -1.89. The maximum atomic E-state index is 14.2. The van der Waals surface area contributed by atoms with Crippen LogP contribution >= 0.6 is 15.9 Å². The number of halogens is 2. The van der Waals surface area contributed by atoms with E-state index in [1.165, 1.54) is 4.90 Å². The van der Waals surface area contributed by atoms with Gasteiger partial charge in [-0.05, 0) is 45.4 Å². The number of ether oxygens (including phenoxy) is 1. The van der Waals surface area contributed by atoms with Crippen molar-refractivity contribution in [2.75, 3.05) is 13.1 Å². The van der Waals surface area contributed by atoms with Crippen molar-refractivity contribution in [3.8, 4) is 0 Å². The average Bonchev–Trinajstić information content (AvgIpc) is 2.81. The van der Waals surface area contributed by atoms with E-state index in [1.54, 1.807) is 26.8 Å². The number of carbonyl (C=O) groups excluding carboxylic acids is 2. The Kier molecular flexibility index (Phi) is 5.52. The van der Waals surface area contributed by atoms with Crippen LogP contribution in [0.4, 0.5) is 9.18 Å². The molecule has 1 aromatic rings. The van der Waals surface area contributed by atoms with E-state index >= 15 is 0 Å². The number of nitrogens with one attached hydrogen (secondary N) is 1. The van der Waals surface area contributed by atoms with Gasteiger partial charge in [0.1, 0.15) is 11.8 Å². The Morgan fingerprint density at radius 3 is 2.62 bits per heavy atom. The molecule has 1 saturated heterocycles. The summed E-state index contributed by atoms with van der Waals surface area (Å²) in [7, 11) is 0. The third kappa shape index (κ3) is 4.69. The first-order valence-corrected chi connectivity index (χ1v) is 8.55. The number of hydrogen-bond donors (Lipinski definition) is 1. The fraction of sp³-hybridized carbons (Fsp3) is 0.529. The van der Waals surface area contributed by atoms with Crippen molar-refractivity contribution in [2.24, 2.45) is 0 Å². The van der Waals surface area contributed by atoms with Gasteiger partial charge in [0, 0.05) is 16.6 Å². The molecule has 0 unspecified atom stereocenters.